The number of carbonyl (C=O) groups is 1. The highest BCUT2D eigenvalue weighted by Crippen LogP contribution is 1.94. The van der Waals surface area contributed by atoms with E-state index in [1.165, 1.54) is 0 Å². The molecule has 1 atom stereocenters. The Labute approximate surface area is 71.9 Å². The van der Waals surface area contributed by atoms with Crippen molar-refractivity contribution in [1.29, 1.82) is 1.43 Å². The SMILES string of the molecule is [3H]OC(=O)[C@@H](N)CCCN=C(N)N. The number of hydrogen-bond acceptors (Lipinski definition) is 4. The van der Waals surface area contributed by atoms with Crippen molar-refractivity contribution in [1.82, 2.24) is 0 Å². The lowest BCUT2D eigenvalue weighted by Gasteiger charge is -2.03. The first-order valence-corrected chi connectivity index (χ1v) is 3.56. The van der Waals surface area contributed by atoms with E-state index in [0.717, 1.165) is 0 Å². The van der Waals surface area contributed by atoms with Crippen LogP contribution in [-0.2, 0) is 4.79 Å². The molecule has 0 aliphatic carbocycles. The first-order valence-electron chi connectivity index (χ1n) is 3.96. The average molecular weight is 176 g/mol. The van der Waals surface area contributed by atoms with E-state index in [1.54, 1.807) is 0 Å². The molecule has 0 heterocycles. The highest BCUT2D eigenvalue weighted by atomic mass is 16.4. The van der Waals surface area contributed by atoms with Crippen molar-refractivity contribution in [3.8, 4) is 0 Å². The molecular weight excluding hydrogens is 160 g/mol. The number of nitrogens with two attached hydrogens (primary N) is 3. The molecule has 6 heteroatoms. The van der Waals surface area contributed by atoms with Crippen LogP contribution in [0.4, 0.5) is 0 Å². The molecule has 0 saturated carbocycles. The molecule has 70 valence electrons. The summed E-state index contributed by atoms with van der Waals surface area (Å²) in [6.07, 6.45) is 0.975. The third kappa shape index (κ3) is 5.48. The van der Waals surface area contributed by atoms with Crippen molar-refractivity contribution < 1.29 is 9.90 Å². The van der Waals surface area contributed by atoms with E-state index in [4.69, 9.17) is 18.6 Å². The van der Waals surface area contributed by atoms with Gasteiger partial charge in [-0.05, 0) is 12.8 Å². The van der Waals surface area contributed by atoms with Crippen molar-refractivity contribution >= 4 is 11.9 Å². The van der Waals surface area contributed by atoms with Crippen molar-refractivity contribution in [2.24, 2.45) is 22.2 Å². The lowest BCUT2D eigenvalue weighted by atomic mass is 10.2. The summed E-state index contributed by atoms with van der Waals surface area (Å²) in [4.78, 5) is 14.3. The van der Waals surface area contributed by atoms with Gasteiger partial charge in [0.2, 0.25) is 0 Å². The maximum Gasteiger partial charge on any atom is 0.320 e. The predicted molar refractivity (Wildman–Crippen MR) is 45.5 cm³/mol. The Balaban J connectivity index is 3.53. The van der Waals surface area contributed by atoms with E-state index in [0.29, 0.717) is 19.4 Å². The van der Waals surface area contributed by atoms with Gasteiger partial charge >= 0.3 is 5.97 Å². The van der Waals surface area contributed by atoms with Crippen molar-refractivity contribution in [2.75, 3.05) is 6.54 Å². The van der Waals surface area contributed by atoms with Gasteiger partial charge in [-0.2, -0.15) is 0 Å². The van der Waals surface area contributed by atoms with Gasteiger partial charge in [0.25, 0.3) is 1.43 Å². The quantitative estimate of drug-likeness (QED) is 0.229. The van der Waals surface area contributed by atoms with Gasteiger partial charge in [-0.3, -0.25) is 9.79 Å². The van der Waals surface area contributed by atoms with E-state index < -0.39 is 12.0 Å². The zero-order chi connectivity index (χ0) is 10.3. The number of aliphatic carboxylic acids is 1. The largest absolute Gasteiger partial charge is 0.480 e. The minimum absolute atomic E-state index is 0.0108. The van der Waals surface area contributed by atoms with Crippen LogP contribution in [0.1, 0.15) is 12.8 Å². The molecule has 0 aliphatic rings. The summed E-state index contributed by atoms with van der Waals surface area (Å²) in [7, 11) is 0. The summed E-state index contributed by atoms with van der Waals surface area (Å²) in [5.41, 5.74) is 15.5. The average Bonchev–Trinajstić information content (AvgIpc) is 2.10. The fraction of sp³-hybridized carbons (Fsp3) is 0.667. The van der Waals surface area contributed by atoms with Gasteiger partial charge in [-0.1, -0.05) is 0 Å². The van der Waals surface area contributed by atoms with Gasteiger partial charge in [-0.15, -0.1) is 0 Å². The normalized spacial score (nSPS) is 12.9. The third-order valence-electron chi connectivity index (χ3n) is 1.27. The number of carboxylic acid groups (broad SMARTS) is 1. The summed E-state index contributed by atoms with van der Waals surface area (Å²) in [5.74, 6) is -0.735. The van der Waals surface area contributed by atoms with E-state index in [9.17, 15) is 4.79 Å². The van der Waals surface area contributed by atoms with Crippen LogP contribution in [-0.4, -0.2) is 29.6 Å². The second kappa shape index (κ2) is 5.36. The molecule has 0 amide bonds. The zero-order valence-electron chi connectivity index (χ0n) is 7.69. The summed E-state index contributed by atoms with van der Waals surface area (Å²) in [6, 6.07) is -0.772. The fourth-order valence-electron chi connectivity index (χ4n) is 0.637. The highest BCUT2D eigenvalue weighted by molar-refractivity contribution is 5.75. The van der Waals surface area contributed by atoms with Gasteiger partial charge in [0.05, 0.1) is 0 Å². The molecule has 0 rings (SSSR count). The predicted octanol–water partition coefficient (Wildman–Crippen LogP) is -1.55. The number of carboxylic acids is 1. The van der Waals surface area contributed by atoms with E-state index >= 15 is 0 Å². The molecule has 6 nitrogen and oxygen atoms in total. The highest BCUT2D eigenvalue weighted by Gasteiger charge is 2.09. The van der Waals surface area contributed by atoms with Gasteiger partial charge in [0.15, 0.2) is 5.96 Å². The second-order valence-electron chi connectivity index (χ2n) is 2.37. The van der Waals surface area contributed by atoms with Crippen LogP contribution in [0, 0.1) is 0 Å². The Hall–Kier alpha value is -1.30. The molecule has 0 aromatic carbocycles. The number of aliphatic imine (C=N–C) groups is 1. The van der Waals surface area contributed by atoms with Crippen LogP contribution in [0.2, 0.25) is 0 Å². The van der Waals surface area contributed by atoms with Crippen LogP contribution in [0.15, 0.2) is 4.99 Å². The molecule has 0 spiro atoms. The van der Waals surface area contributed by atoms with Crippen molar-refractivity contribution in [2.45, 2.75) is 18.9 Å². The van der Waals surface area contributed by atoms with Gasteiger partial charge in [-0.25, -0.2) is 0 Å². The number of nitrogens with zero attached hydrogens (tertiary/aromatic N) is 1. The van der Waals surface area contributed by atoms with E-state index in [-0.39, 0.29) is 5.96 Å². The molecule has 0 saturated heterocycles. The molecule has 0 fully saturated rings. The van der Waals surface area contributed by atoms with Gasteiger partial charge in [0.1, 0.15) is 6.04 Å². The van der Waals surface area contributed by atoms with Crippen LogP contribution < -0.4 is 17.2 Å². The van der Waals surface area contributed by atoms with Crippen molar-refractivity contribution in [3.05, 3.63) is 0 Å². The van der Waals surface area contributed by atoms with Gasteiger partial charge < -0.3 is 22.3 Å². The lowest BCUT2D eigenvalue weighted by Crippen LogP contribution is -2.30. The Kier molecular flexibility index (Phi) is 3.93. The molecule has 7 N–H and O–H groups in total. The summed E-state index contributed by atoms with van der Waals surface area (Å²) in [5, 5.41) is 3.69. The Bertz CT molecular complexity index is 193. The first-order chi connectivity index (χ1) is 6.07. The van der Waals surface area contributed by atoms with E-state index in [1.807, 2.05) is 0 Å². The van der Waals surface area contributed by atoms with E-state index in [2.05, 4.69) is 10.1 Å². The number of hydrogen-bond donors (Lipinski definition) is 4. The summed E-state index contributed by atoms with van der Waals surface area (Å²) in [6.45, 7) is 0.418. The monoisotopic (exact) mass is 176 g/mol. The Morgan fingerprint density at radius 1 is 1.67 bits per heavy atom. The van der Waals surface area contributed by atoms with Crippen molar-refractivity contribution in [3.63, 3.8) is 0 Å². The molecule has 0 bridgehead atoms. The number of guanidine groups is 1. The smallest absolute Gasteiger partial charge is 0.320 e. The van der Waals surface area contributed by atoms with Gasteiger partial charge in [0, 0.05) is 6.54 Å². The molecule has 12 heavy (non-hydrogen) atoms. The topological polar surface area (TPSA) is 128 Å². The van der Waals surface area contributed by atoms with Crippen LogP contribution in [0.3, 0.4) is 0 Å². The molecule has 0 aromatic heterocycles. The van der Waals surface area contributed by atoms with Crippen LogP contribution >= 0.6 is 0 Å². The molecule has 0 unspecified atom stereocenters. The Morgan fingerprint density at radius 3 is 2.83 bits per heavy atom. The first kappa shape index (κ1) is 8.79. The maximum absolute atomic E-state index is 10.6. The molecule has 0 aliphatic heterocycles. The minimum Gasteiger partial charge on any atom is -0.480 e. The summed E-state index contributed by atoms with van der Waals surface area (Å²) < 4.78 is 6.29. The fourth-order valence-corrected chi connectivity index (χ4v) is 0.637. The maximum atomic E-state index is 10.6. The summed E-state index contributed by atoms with van der Waals surface area (Å²) >= 11 is 0. The molecular formula is C6H14N4O2. The molecule has 0 aromatic rings. The molecule has 0 radical (unpaired) electrons. The second-order valence-corrected chi connectivity index (χ2v) is 2.37. The minimum atomic E-state index is -0.772. The lowest BCUT2D eigenvalue weighted by molar-refractivity contribution is -0.138. The van der Waals surface area contributed by atoms with Crippen LogP contribution in [0.5, 0.6) is 0 Å². The third-order valence-corrected chi connectivity index (χ3v) is 1.27. The Morgan fingerprint density at radius 2 is 2.33 bits per heavy atom. The van der Waals surface area contributed by atoms with Crippen LogP contribution in [0.25, 0.3) is 1.43 Å². The number of rotatable bonds is 5. The standard InChI is InChI=1S/C6H14N4O2/c7-4(5(11)12)2-1-3-10-6(8)9/h4H,1-3,7H2,(H,11,12)(H4,8,9,10)/t4-/m0/s1/i/hT. The zero-order valence-corrected chi connectivity index (χ0v) is 6.69.